The third-order valence-electron chi connectivity index (χ3n) is 1.37. The lowest BCUT2D eigenvalue weighted by atomic mass is 10.2. The van der Waals surface area contributed by atoms with Crippen molar-refractivity contribution in [3.05, 3.63) is 28.5 Å². The van der Waals surface area contributed by atoms with Gasteiger partial charge in [-0.3, -0.25) is 4.98 Å². The molecule has 1 aromatic heterocycles. The van der Waals surface area contributed by atoms with Gasteiger partial charge in [-0.25, -0.2) is 4.39 Å². The van der Waals surface area contributed by atoms with Gasteiger partial charge in [0, 0.05) is 10.7 Å². The van der Waals surface area contributed by atoms with Crippen LogP contribution in [0.5, 0.6) is 0 Å². The van der Waals surface area contributed by atoms with Crippen molar-refractivity contribution in [1.82, 2.24) is 4.98 Å². The number of halogens is 4. The average Bonchev–Trinajstić information content (AvgIpc) is 2.04. The molecule has 0 bridgehead atoms. The second-order valence-electron chi connectivity index (χ2n) is 2.32. The zero-order valence-corrected chi connectivity index (χ0v) is 7.80. The van der Waals surface area contributed by atoms with Crippen molar-refractivity contribution in [2.24, 2.45) is 0 Å². The SMILES string of the molecule is OC(F)C(F)(F)c1ccc(Br)cn1. The topological polar surface area (TPSA) is 33.1 Å². The Morgan fingerprint density at radius 2 is 2.08 bits per heavy atom. The molecule has 0 amide bonds. The number of aliphatic hydroxyl groups excluding tert-OH is 1. The molecule has 0 spiro atoms. The molecule has 0 aromatic carbocycles. The van der Waals surface area contributed by atoms with E-state index in [2.05, 4.69) is 20.9 Å². The van der Waals surface area contributed by atoms with Gasteiger partial charge in [0.1, 0.15) is 5.69 Å². The average molecular weight is 256 g/mol. The highest BCUT2D eigenvalue weighted by Crippen LogP contribution is 2.31. The second-order valence-corrected chi connectivity index (χ2v) is 3.24. The van der Waals surface area contributed by atoms with Crippen LogP contribution in [0.2, 0.25) is 0 Å². The Balaban J connectivity index is 3.01. The summed E-state index contributed by atoms with van der Waals surface area (Å²) in [7, 11) is 0. The first kappa shape index (κ1) is 10.5. The molecule has 0 saturated heterocycles. The van der Waals surface area contributed by atoms with Gasteiger partial charge >= 0.3 is 5.92 Å². The molecule has 1 heterocycles. The molecule has 1 N–H and O–H groups in total. The molecule has 13 heavy (non-hydrogen) atoms. The van der Waals surface area contributed by atoms with Crippen LogP contribution in [0, 0.1) is 0 Å². The molecule has 0 aliphatic heterocycles. The maximum atomic E-state index is 12.7. The number of hydrogen-bond donors (Lipinski definition) is 1. The van der Waals surface area contributed by atoms with Crippen molar-refractivity contribution >= 4 is 15.9 Å². The molecular weight excluding hydrogens is 251 g/mol. The third-order valence-corrected chi connectivity index (χ3v) is 1.84. The number of alkyl halides is 3. The van der Waals surface area contributed by atoms with E-state index < -0.39 is 18.0 Å². The molecule has 1 atom stereocenters. The summed E-state index contributed by atoms with van der Waals surface area (Å²) < 4.78 is 37.9. The predicted molar refractivity (Wildman–Crippen MR) is 42.9 cm³/mol. The van der Waals surface area contributed by atoms with Crippen LogP contribution in [0.25, 0.3) is 0 Å². The van der Waals surface area contributed by atoms with Crippen LogP contribution in [-0.2, 0) is 5.92 Å². The highest BCUT2D eigenvalue weighted by atomic mass is 79.9. The van der Waals surface area contributed by atoms with Crippen LogP contribution in [0.15, 0.2) is 22.8 Å². The summed E-state index contributed by atoms with van der Waals surface area (Å²) in [5.74, 6) is -3.96. The van der Waals surface area contributed by atoms with Gasteiger partial charge in [0.2, 0.25) is 0 Å². The van der Waals surface area contributed by atoms with Crippen LogP contribution in [0.1, 0.15) is 5.69 Å². The molecule has 0 fully saturated rings. The minimum Gasteiger partial charge on any atom is -0.359 e. The van der Waals surface area contributed by atoms with Gasteiger partial charge in [-0.2, -0.15) is 8.78 Å². The molecule has 6 heteroatoms. The fourth-order valence-electron chi connectivity index (χ4n) is 0.695. The first-order valence-corrected chi connectivity index (χ1v) is 4.06. The normalized spacial score (nSPS) is 14.2. The maximum absolute atomic E-state index is 12.7. The van der Waals surface area contributed by atoms with Gasteiger partial charge in [0.25, 0.3) is 6.36 Å². The Morgan fingerprint density at radius 3 is 2.46 bits per heavy atom. The first-order valence-electron chi connectivity index (χ1n) is 3.26. The zero-order chi connectivity index (χ0) is 10.1. The van der Waals surface area contributed by atoms with E-state index in [1.807, 2.05) is 0 Å². The van der Waals surface area contributed by atoms with E-state index in [4.69, 9.17) is 5.11 Å². The minimum atomic E-state index is -3.96. The third kappa shape index (κ3) is 2.19. The van der Waals surface area contributed by atoms with Crippen LogP contribution in [0.3, 0.4) is 0 Å². The summed E-state index contributed by atoms with van der Waals surface area (Å²) in [5.41, 5.74) is -0.800. The van der Waals surface area contributed by atoms with E-state index in [1.54, 1.807) is 0 Å². The fourth-order valence-corrected chi connectivity index (χ4v) is 0.930. The standard InChI is InChI=1S/C7H5BrF3NO/c8-4-1-2-5(12-3-4)7(10,11)6(9)13/h1-3,6,13H. The first-order chi connectivity index (χ1) is 5.94. The van der Waals surface area contributed by atoms with Crippen molar-refractivity contribution in [2.75, 3.05) is 0 Å². The summed E-state index contributed by atoms with van der Waals surface area (Å²) in [4.78, 5) is 3.27. The van der Waals surface area contributed by atoms with E-state index in [-0.39, 0.29) is 0 Å². The smallest absolute Gasteiger partial charge is 0.344 e. The van der Waals surface area contributed by atoms with Gasteiger partial charge in [0.15, 0.2) is 0 Å². The number of rotatable bonds is 2. The predicted octanol–water partition coefficient (Wildman–Crippen LogP) is 2.22. The molecule has 1 unspecified atom stereocenters. The molecular formula is C7H5BrF3NO. The second kappa shape index (κ2) is 3.63. The number of pyridine rings is 1. The minimum absolute atomic E-state index is 0.500. The number of hydrogen-bond acceptors (Lipinski definition) is 2. The van der Waals surface area contributed by atoms with E-state index in [0.29, 0.717) is 4.47 Å². The molecule has 2 nitrogen and oxygen atoms in total. The van der Waals surface area contributed by atoms with Gasteiger partial charge in [-0.1, -0.05) is 0 Å². The van der Waals surface area contributed by atoms with E-state index in [1.165, 1.54) is 6.07 Å². The number of aromatic nitrogens is 1. The van der Waals surface area contributed by atoms with Crippen LogP contribution >= 0.6 is 15.9 Å². The Morgan fingerprint density at radius 1 is 1.46 bits per heavy atom. The molecule has 0 aliphatic rings. The Labute approximate surface area is 80.5 Å². The zero-order valence-electron chi connectivity index (χ0n) is 6.22. The van der Waals surface area contributed by atoms with Crippen molar-refractivity contribution < 1.29 is 18.3 Å². The van der Waals surface area contributed by atoms with Gasteiger partial charge in [0.05, 0.1) is 0 Å². The van der Waals surface area contributed by atoms with Crippen LogP contribution in [-0.4, -0.2) is 16.4 Å². The lowest BCUT2D eigenvalue weighted by Crippen LogP contribution is -2.27. The molecule has 0 saturated carbocycles. The molecule has 72 valence electrons. The number of aliphatic hydroxyl groups is 1. The maximum Gasteiger partial charge on any atom is 0.344 e. The summed E-state index contributed by atoms with van der Waals surface area (Å²) in [6, 6.07) is 2.23. The van der Waals surface area contributed by atoms with Crippen LogP contribution in [0.4, 0.5) is 13.2 Å². The molecule has 1 rings (SSSR count). The van der Waals surface area contributed by atoms with Gasteiger partial charge in [-0.05, 0) is 28.1 Å². The Kier molecular flexibility index (Phi) is 2.92. The summed E-state index contributed by atoms with van der Waals surface area (Å²) >= 11 is 2.99. The largest absolute Gasteiger partial charge is 0.359 e. The van der Waals surface area contributed by atoms with E-state index in [0.717, 1.165) is 12.3 Å². The van der Waals surface area contributed by atoms with E-state index in [9.17, 15) is 13.2 Å². The van der Waals surface area contributed by atoms with Crippen molar-refractivity contribution in [1.29, 1.82) is 0 Å². The van der Waals surface area contributed by atoms with Crippen molar-refractivity contribution in [2.45, 2.75) is 12.3 Å². The molecule has 0 aliphatic carbocycles. The lowest BCUT2D eigenvalue weighted by Gasteiger charge is -2.15. The Bertz CT molecular complexity index is 288. The van der Waals surface area contributed by atoms with Crippen LogP contribution < -0.4 is 0 Å². The van der Waals surface area contributed by atoms with Crippen molar-refractivity contribution in [3.63, 3.8) is 0 Å². The quantitative estimate of drug-likeness (QED) is 0.880. The van der Waals surface area contributed by atoms with E-state index >= 15 is 0 Å². The highest BCUT2D eigenvalue weighted by molar-refractivity contribution is 9.10. The lowest BCUT2D eigenvalue weighted by molar-refractivity contribution is -0.177. The monoisotopic (exact) mass is 255 g/mol. The Hall–Kier alpha value is -0.620. The van der Waals surface area contributed by atoms with Crippen molar-refractivity contribution in [3.8, 4) is 0 Å². The fraction of sp³-hybridized carbons (Fsp3) is 0.286. The van der Waals surface area contributed by atoms with Gasteiger partial charge in [-0.15, -0.1) is 0 Å². The summed E-state index contributed by atoms with van der Waals surface area (Å²) in [6.07, 6.45) is -2.13. The summed E-state index contributed by atoms with van der Waals surface area (Å²) in [5, 5.41) is 8.13. The highest BCUT2D eigenvalue weighted by Gasteiger charge is 2.42. The molecule has 1 aromatic rings. The number of nitrogens with zero attached hydrogens (tertiary/aromatic N) is 1. The van der Waals surface area contributed by atoms with Gasteiger partial charge < -0.3 is 5.11 Å². The summed E-state index contributed by atoms with van der Waals surface area (Å²) in [6.45, 7) is 0. The molecule has 0 radical (unpaired) electrons.